The maximum absolute atomic E-state index is 5.90. The highest BCUT2D eigenvalue weighted by atomic mass is 14.9. The molecule has 2 atom stereocenters. The van der Waals surface area contributed by atoms with Gasteiger partial charge in [0.2, 0.25) is 0 Å². The van der Waals surface area contributed by atoms with Gasteiger partial charge in [0.05, 0.1) is 0 Å². The minimum absolute atomic E-state index is 0.464. The van der Waals surface area contributed by atoms with Crippen molar-refractivity contribution in [2.24, 2.45) is 11.1 Å². The van der Waals surface area contributed by atoms with Gasteiger partial charge in [-0.2, -0.15) is 0 Å². The highest BCUT2D eigenvalue weighted by Crippen LogP contribution is 2.43. The van der Waals surface area contributed by atoms with Crippen molar-refractivity contribution in [3.63, 3.8) is 0 Å². The minimum atomic E-state index is 0.464. The summed E-state index contributed by atoms with van der Waals surface area (Å²) in [4.78, 5) is 0. The summed E-state index contributed by atoms with van der Waals surface area (Å²) in [5, 5.41) is 3.73. The molecule has 0 saturated heterocycles. The van der Waals surface area contributed by atoms with Crippen molar-refractivity contribution in [1.29, 1.82) is 0 Å². The average molecular weight is 196 g/mol. The maximum atomic E-state index is 5.90. The van der Waals surface area contributed by atoms with Crippen molar-refractivity contribution in [3.05, 3.63) is 0 Å². The van der Waals surface area contributed by atoms with Crippen LogP contribution in [0.15, 0.2) is 0 Å². The fourth-order valence-electron chi connectivity index (χ4n) is 2.89. The Morgan fingerprint density at radius 1 is 1.36 bits per heavy atom. The van der Waals surface area contributed by atoms with Crippen LogP contribution in [0.5, 0.6) is 0 Å². The van der Waals surface area contributed by atoms with Crippen molar-refractivity contribution in [2.75, 3.05) is 6.54 Å². The van der Waals surface area contributed by atoms with Crippen LogP contribution in [0.4, 0.5) is 0 Å². The van der Waals surface area contributed by atoms with Crippen molar-refractivity contribution in [1.82, 2.24) is 5.32 Å². The first-order valence-corrected chi connectivity index (χ1v) is 6.23. The third-order valence-corrected chi connectivity index (χ3v) is 4.40. The second kappa shape index (κ2) is 4.19. The van der Waals surface area contributed by atoms with E-state index in [-0.39, 0.29) is 0 Å². The molecule has 0 radical (unpaired) electrons. The molecule has 2 aliphatic carbocycles. The van der Waals surface area contributed by atoms with E-state index in [0.717, 1.165) is 0 Å². The molecule has 2 nitrogen and oxygen atoms in total. The predicted octanol–water partition coefficient (Wildman–Crippen LogP) is 2.04. The third-order valence-electron chi connectivity index (χ3n) is 4.40. The second-order valence-corrected chi connectivity index (χ2v) is 5.36. The molecule has 0 bridgehead atoms. The van der Waals surface area contributed by atoms with Crippen LogP contribution >= 0.6 is 0 Å². The van der Waals surface area contributed by atoms with Gasteiger partial charge in [0.1, 0.15) is 0 Å². The third kappa shape index (κ3) is 2.12. The molecule has 14 heavy (non-hydrogen) atoms. The zero-order valence-electron chi connectivity index (χ0n) is 9.39. The van der Waals surface area contributed by atoms with Crippen molar-refractivity contribution < 1.29 is 0 Å². The number of nitrogens with two attached hydrogens (primary N) is 1. The summed E-state index contributed by atoms with van der Waals surface area (Å²) in [6.07, 6.45) is 9.38. The molecule has 0 spiro atoms. The van der Waals surface area contributed by atoms with Crippen LogP contribution in [-0.4, -0.2) is 18.6 Å². The second-order valence-electron chi connectivity index (χ2n) is 5.36. The van der Waals surface area contributed by atoms with Gasteiger partial charge < -0.3 is 11.1 Å². The zero-order valence-corrected chi connectivity index (χ0v) is 9.39. The predicted molar refractivity (Wildman–Crippen MR) is 60.2 cm³/mol. The van der Waals surface area contributed by atoms with Crippen molar-refractivity contribution in [2.45, 2.75) is 64.0 Å². The first kappa shape index (κ1) is 10.4. The molecule has 0 aromatic rings. The molecule has 2 aliphatic rings. The summed E-state index contributed by atoms with van der Waals surface area (Å²) in [5.41, 5.74) is 6.56. The summed E-state index contributed by atoms with van der Waals surface area (Å²) in [6.45, 7) is 3.57. The SMILES string of the molecule is CCC1(CNC2CCC(N)C2)CCC1. The molecule has 2 heteroatoms. The highest BCUT2D eigenvalue weighted by Gasteiger charge is 2.35. The molecule has 0 amide bonds. The van der Waals surface area contributed by atoms with Crippen LogP contribution in [0.1, 0.15) is 51.9 Å². The number of hydrogen-bond donors (Lipinski definition) is 2. The van der Waals surface area contributed by atoms with Gasteiger partial charge in [-0.05, 0) is 43.9 Å². The fraction of sp³-hybridized carbons (Fsp3) is 1.00. The number of rotatable bonds is 4. The first-order chi connectivity index (χ1) is 6.74. The molecular formula is C12H24N2. The standard InChI is InChI=1S/C12H24N2/c1-2-12(6-3-7-12)9-14-11-5-4-10(13)8-11/h10-11,14H,2-9,13H2,1H3. The highest BCUT2D eigenvalue weighted by molar-refractivity contribution is 4.91. The minimum Gasteiger partial charge on any atom is -0.328 e. The maximum Gasteiger partial charge on any atom is 0.00826 e. The zero-order chi connectivity index (χ0) is 10.0. The largest absolute Gasteiger partial charge is 0.328 e. The van der Waals surface area contributed by atoms with Crippen LogP contribution in [0, 0.1) is 5.41 Å². The summed E-state index contributed by atoms with van der Waals surface area (Å²) < 4.78 is 0. The van der Waals surface area contributed by atoms with Crippen LogP contribution < -0.4 is 11.1 Å². The molecular weight excluding hydrogens is 172 g/mol. The Morgan fingerprint density at radius 3 is 2.57 bits per heavy atom. The van der Waals surface area contributed by atoms with Crippen LogP contribution in [0.3, 0.4) is 0 Å². The Labute approximate surface area is 87.6 Å². The molecule has 0 aromatic carbocycles. The topological polar surface area (TPSA) is 38.0 Å². The summed E-state index contributed by atoms with van der Waals surface area (Å²) in [5.74, 6) is 0. The van der Waals surface area contributed by atoms with E-state index in [4.69, 9.17) is 5.73 Å². The smallest absolute Gasteiger partial charge is 0.00826 e. The molecule has 2 fully saturated rings. The number of nitrogens with one attached hydrogen (secondary N) is 1. The summed E-state index contributed by atoms with van der Waals surface area (Å²) in [7, 11) is 0. The lowest BCUT2D eigenvalue weighted by atomic mass is 9.67. The lowest BCUT2D eigenvalue weighted by Crippen LogP contribution is -2.43. The van der Waals surface area contributed by atoms with Crippen LogP contribution in [0.2, 0.25) is 0 Å². The van der Waals surface area contributed by atoms with Gasteiger partial charge in [-0.15, -0.1) is 0 Å². The van der Waals surface area contributed by atoms with Crippen LogP contribution in [-0.2, 0) is 0 Å². The Balaban J connectivity index is 1.71. The Kier molecular flexibility index (Phi) is 3.13. The van der Waals surface area contributed by atoms with Crippen molar-refractivity contribution in [3.8, 4) is 0 Å². The molecule has 2 unspecified atom stereocenters. The van der Waals surface area contributed by atoms with E-state index in [1.165, 1.54) is 51.5 Å². The lowest BCUT2D eigenvalue weighted by molar-refractivity contribution is 0.119. The molecule has 2 saturated carbocycles. The van der Waals surface area contributed by atoms with E-state index in [1.807, 2.05) is 0 Å². The van der Waals surface area contributed by atoms with Gasteiger partial charge in [0.25, 0.3) is 0 Å². The Morgan fingerprint density at radius 2 is 2.14 bits per heavy atom. The molecule has 82 valence electrons. The lowest BCUT2D eigenvalue weighted by Gasteiger charge is -2.42. The van der Waals surface area contributed by atoms with Gasteiger partial charge in [-0.1, -0.05) is 13.3 Å². The van der Waals surface area contributed by atoms with Gasteiger partial charge in [0.15, 0.2) is 0 Å². The average Bonchev–Trinajstić information content (AvgIpc) is 2.50. The van der Waals surface area contributed by atoms with E-state index in [9.17, 15) is 0 Å². The summed E-state index contributed by atoms with van der Waals surface area (Å²) in [6, 6.07) is 1.18. The van der Waals surface area contributed by atoms with E-state index in [0.29, 0.717) is 17.5 Å². The first-order valence-electron chi connectivity index (χ1n) is 6.23. The monoisotopic (exact) mass is 196 g/mol. The van der Waals surface area contributed by atoms with Gasteiger partial charge in [0, 0.05) is 18.6 Å². The van der Waals surface area contributed by atoms with Gasteiger partial charge in [-0.25, -0.2) is 0 Å². The fourth-order valence-corrected chi connectivity index (χ4v) is 2.89. The number of hydrogen-bond acceptors (Lipinski definition) is 2. The Hall–Kier alpha value is -0.0800. The van der Waals surface area contributed by atoms with E-state index in [1.54, 1.807) is 0 Å². The quantitative estimate of drug-likeness (QED) is 0.722. The molecule has 0 heterocycles. The Bertz CT molecular complexity index is 181. The van der Waals surface area contributed by atoms with Gasteiger partial charge in [-0.3, -0.25) is 0 Å². The normalized spacial score (nSPS) is 35.6. The van der Waals surface area contributed by atoms with E-state index >= 15 is 0 Å². The molecule has 3 N–H and O–H groups in total. The molecule has 2 rings (SSSR count). The summed E-state index contributed by atoms with van der Waals surface area (Å²) >= 11 is 0. The van der Waals surface area contributed by atoms with E-state index < -0.39 is 0 Å². The molecule has 0 aliphatic heterocycles. The van der Waals surface area contributed by atoms with Gasteiger partial charge >= 0.3 is 0 Å². The van der Waals surface area contributed by atoms with E-state index in [2.05, 4.69) is 12.2 Å². The molecule has 0 aromatic heterocycles. The van der Waals surface area contributed by atoms with Crippen molar-refractivity contribution >= 4 is 0 Å². The van der Waals surface area contributed by atoms with Crippen LogP contribution in [0.25, 0.3) is 0 Å².